The fourth-order valence-electron chi connectivity index (χ4n) is 4.57. The van der Waals surface area contributed by atoms with Crippen LogP contribution in [0.25, 0.3) is 6.08 Å². The summed E-state index contributed by atoms with van der Waals surface area (Å²) in [6, 6.07) is 30.5. The van der Waals surface area contributed by atoms with Crippen LogP contribution in [-0.2, 0) is 9.59 Å². The molecule has 1 atom stereocenters. The quantitative estimate of drug-likeness (QED) is 0.0603. The molecule has 0 radical (unpaired) electrons. The predicted octanol–water partition coefficient (Wildman–Crippen LogP) is 8.43. The third-order valence-electron chi connectivity index (χ3n) is 7.08. The zero-order valence-electron chi connectivity index (χ0n) is 25.3. The van der Waals surface area contributed by atoms with Crippen LogP contribution in [0.5, 0.6) is 0 Å². The number of halogens is 4. The van der Waals surface area contributed by atoms with Gasteiger partial charge in [0.15, 0.2) is 23.3 Å². The standard InChI is InChI=1S/C37H27F4N3O3S/c1-22-10-8-9-15-25(22)20-30(43-35(45)24-13-6-3-7-14-24)36(46)42-26-16-18-27(19-17-26)48-34(23-11-4-2-5-12-23)37(47)44-33-31(40)28(38)21-29(39)32(33)41/h2-21,34H,1H3,(H,42,46)(H,43,45)(H,44,47)/b30-20-. The molecule has 5 aromatic carbocycles. The third kappa shape index (κ3) is 8.18. The smallest absolute Gasteiger partial charge is 0.272 e. The van der Waals surface area contributed by atoms with Crippen molar-refractivity contribution < 1.29 is 31.9 Å². The second-order valence-corrected chi connectivity index (χ2v) is 11.6. The normalized spacial score (nSPS) is 11.8. The van der Waals surface area contributed by atoms with Gasteiger partial charge in [-0.1, -0.05) is 72.8 Å². The number of carbonyl (C=O) groups excluding carboxylic acids is 3. The van der Waals surface area contributed by atoms with Gasteiger partial charge in [0, 0.05) is 22.2 Å². The van der Waals surface area contributed by atoms with Crippen LogP contribution >= 0.6 is 11.8 Å². The van der Waals surface area contributed by atoms with E-state index in [9.17, 15) is 31.9 Å². The summed E-state index contributed by atoms with van der Waals surface area (Å²) in [5.41, 5.74) is 1.59. The highest BCUT2D eigenvalue weighted by Gasteiger charge is 2.27. The maximum atomic E-state index is 14.3. The zero-order chi connectivity index (χ0) is 34.2. The monoisotopic (exact) mass is 669 g/mol. The Labute approximate surface area is 277 Å². The first-order chi connectivity index (χ1) is 23.1. The first kappa shape index (κ1) is 33.7. The second kappa shape index (κ2) is 15.3. The zero-order valence-corrected chi connectivity index (χ0v) is 26.1. The Balaban J connectivity index is 1.36. The Morgan fingerprint density at radius 1 is 0.708 bits per heavy atom. The SMILES string of the molecule is Cc1ccccc1/C=C(\NC(=O)c1ccccc1)C(=O)Nc1ccc(SC(C(=O)Nc2c(F)c(F)cc(F)c2F)c2ccccc2)cc1. The maximum absolute atomic E-state index is 14.3. The highest BCUT2D eigenvalue weighted by Crippen LogP contribution is 2.37. The summed E-state index contributed by atoms with van der Waals surface area (Å²) in [4.78, 5) is 40.2. The van der Waals surface area contributed by atoms with Crippen molar-refractivity contribution in [1.82, 2.24) is 5.32 Å². The van der Waals surface area contributed by atoms with Gasteiger partial charge >= 0.3 is 0 Å². The molecule has 3 N–H and O–H groups in total. The number of thioether (sulfide) groups is 1. The lowest BCUT2D eigenvalue weighted by molar-refractivity contribution is -0.116. The fourth-order valence-corrected chi connectivity index (χ4v) is 5.59. The number of anilines is 2. The van der Waals surface area contributed by atoms with Gasteiger partial charge in [0.2, 0.25) is 5.91 Å². The Kier molecular flexibility index (Phi) is 10.7. The van der Waals surface area contributed by atoms with Crippen molar-refractivity contribution in [1.29, 1.82) is 0 Å². The summed E-state index contributed by atoms with van der Waals surface area (Å²) < 4.78 is 56.3. The summed E-state index contributed by atoms with van der Waals surface area (Å²) >= 11 is 1.01. The van der Waals surface area contributed by atoms with Crippen LogP contribution in [0.3, 0.4) is 0 Å². The molecular formula is C37H27F4N3O3S. The van der Waals surface area contributed by atoms with Gasteiger partial charge in [0.25, 0.3) is 11.8 Å². The summed E-state index contributed by atoms with van der Waals surface area (Å²) in [7, 11) is 0. The van der Waals surface area contributed by atoms with Crippen molar-refractivity contribution >= 4 is 46.9 Å². The van der Waals surface area contributed by atoms with Crippen LogP contribution in [0, 0.1) is 30.2 Å². The summed E-state index contributed by atoms with van der Waals surface area (Å²) in [6.45, 7) is 1.88. The van der Waals surface area contributed by atoms with E-state index < -0.39 is 51.9 Å². The molecule has 0 aliphatic rings. The Morgan fingerprint density at radius 3 is 1.92 bits per heavy atom. The molecule has 48 heavy (non-hydrogen) atoms. The van der Waals surface area contributed by atoms with E-state index in [0.29, 0.717) is 21.7 Å². The van der Waals surface area contributed by atoms with Gasteiger partial charge in [-0.2, -0.15) is 0 Å². The fraction of sp³-hybridized carbons (Fsp3) is 0.0541. The molecule has 0 saturated heterocycles. The van der Waals surface area contributed by atoms with Crippen molar-refractivity contribution in [3.8, 4) is 0 Å². The number of rotatable bonds is 10. The Morgan fingerprint density at radius 2 is 1.29 bits per heavy atom. The molecule has 0 aliphatic heterocycles. The molecule has 0 bridgehead atoms. The van der Waals surface area contributed by atoms with Crippen molar-refractivity contribution in [2.75, 3.05) is 10.6 Å². The maximum Gasteiger partial charge on any atom is 0.272 e. The van der Waals surface area contributed by atoms with E-state index in [4.69, 9.17) is 0 Å². The van der Waals surface area contributed by atoms with E-state index in [-0.39, 0.29) is 11.8 Å². The second-order valence-electron chi connectivity index (χ2n) is 10.5. The molecule has 5 rings (SSSR count). The minimum absolute atomic E-state index is 0.00525. The van der Waals surface area contributed by atoms with E-state index in [1.807, 2.05) is 36.5 Å². The lowest BCUT2D eigenvalue weighted by atomic mass is 10.1. The number of carbonyl (C=O) groups is 3. The molecule has 11 heteroatoms. The number of hydrogen-bond acceptors (Lipinski definition) is 4. The lowest BCUT2D eigenvalue weighted by Gasteiger charge is -2.18. The van der Waals surface area contributed by atoms with E-state index in [2.05, 4.69) is 10.6 Å². The van der Waals surface area contributed by atoms with Gasteiger partial charge in [-0.25, -0.2) is 17.6 Å². The highest BCUT2D eigenvalue weighted by molar-refractivity contribution is 8.00. The van der Waals surface area contributed by atoms with Crippen molar-refractivity contribution in [2.24, 2.45) is 0 Å². The molecular weight excluding hydrogens is 642 g/mol. The van der Waals surface area contributed by atoms with Crippen molar-refractivity contribution in [3.05, 3.63) is 166 Å². The molecule has 0 saturated carbocycles. The largest absolute Gasteiger partial charge is 0.321 e. The Bertz CT molecular complexity index is 1960. The van der Waals surface area contributed by atoms with Gasteiger partial charge in [0.05, 0.1) is 0 Å². The lowest BCUT2D eigenvalue weighted by Crippen LogP contribution is -2.30. The molecule has 0 heterocycles. The van der Waals surface area contributed by atoms with E-state index >= 15 is 0 Å². The molecule has 3 amide bonds. The number of nitrogens with one attached hydrogen (secondary N) is 3. The van der Waals surface area contributed by atoms with Crippen molar-refractivity contribution in [3.63, 3.8) is 0 Å². The van der Waals surface area contributed by atoms with Crippen LogP contribution in [0.2, 0.25) is 0 Å². The number of aryl methyl sites for hydroxylation is 1. The van der Waals surface area contributed by atoms with Gasteiger partial charge in [0.1, 0.15) is 16.6 Å². The summed E-state index contributed by atoms with van der Waals surface area (Å²) in [6.07, 6.45) is 1.58. The number of benzene rings is 5. The molecule has 6 nitrogen and oxygen atoms in total. The summed E-state index contributed by atoms with van der Waals surface area (Å²) in [5.74, 6) is -8.74. The third-order valence-corrected chi connectivity index (χ3v) is 8.35. The van der Waals surface area contributed by atoms with Crippen LogP contribution in [0.4, 0.5) is 28.9 Å². The van der Waals surface area contributed by atoms with Crippen LogP contribution in [0.1, 0.15) is 32.3 Å². The minimum atomic E-state index is -1.73. The number of hydrogen-bond donors (Lipinski definition) is 3. The molecule has 0 aliphatic carbocycles. The van der Waals surface area contributed by atoms with Gasteiger partial charge in [-0.15, -0.1) is 11.8 Å². The molecule has 1 unspecified atom stereocenters. The van der Waals surface area contributed by atoms with Crippen molar-refractivity contribution in [2.45, 2.75) is 17.1 Å². The minimum Gasteiger partial charge on any atom is -0.321 e. The topological polar surface area (TPSA) is 87.3 Å². The van der Waals surface area contributed by atoms with Crippen LogP contribution < -0.4 is 16.0 Å². The van der Waals surface area contributed by atoms with Gasteiger partial charge in [-0.05, 0) is 66.1 Å². The van der Waals surface area contributed by atoms with E-state index in [1.165, 1.54) is 0 Å². The average Bonchev–Trinajstić information content (AvgIpc) is 3.10. The molecule has 242 valence electrons. The van der Waals surface area contributed by atoms with E-state index in [0.717, 1.165) is 22.9 Å². The summed E-state index contributed by atoms with van der Waals surface area (Å²) in [5, 5.41) is 6.36. The number of amides is 3. The van der Waals surface area contributed by atoms with Gasteiger partial charge in [-0.3, -0.25) is 14.4 Å². The first-order valence-electron chi connectivity index (χ1n) is 14.5. The highest BCUT2D eigenvalue weighted by atomic mass is 32.2. The van der Waals surface area contributed by atoms with E-state index in [1.54, 1.807) is 91.0 Å². The predicted molar refractivity (Wildman–Crippen MR) is 178 cm³/mol. The molecule has 0 fully saturated rings. The molecule has 0 spiro atoms. The van der Waals surface area contributed by atoms with Crippen LogP contribution in [0.15, 0.2) is 126 Å². The molecule has 5 aromatic rings. The first-order valence-corrected chi connectivity index (χ1v) is 15.4. The Hall–Kier alpha value is -5.68. The average molecular weight is 670 g/mol. The van der Waals surface area contributed by atoms with Crippen LogP contribution in [-0.4, -0.2) is 17.7 Å². The van der Waals surface area contributed by atoms with Gasteiger partial charge < -0.3 is 16.0 Å². The molecule has 0 aromatic heterocycles.